The normalized spacial score (nSPS) is 35.6. The second kappa shape index (κ2) is 5.08. The van der Waals surface area contributed by atoms with Crippen molar-refractivity contribution in [1.29, 1.82) is 0 Å². The molecule has 0 heterocycles. The zero-order valence-electron chi connectivity index (χ0n) is 12.1. The summed E-state index contributed by atoms with van der Waals surface area (Å²) in [7, 11) is 0. The van der Waals surface area contributed by atoms with Crippen molar-refractivity contribution in [3.05, 3.63) is 0 Å². The maximum Gasteiger partial charge on any atom is 0.0156 e. The van der Waals surface area contributed by atoms with Crippen LogP contribution in [0.15, 0.2) is 0 Å². The van der Waals surface area contributed by atoms with Crippen molar-refractivity contribution in [2.24, 2.45) is 35.3 Å². The van der Waals surface area contributed by atoms with Gasteiger partial charge >= 0.3 is 0 Å². The molecule has 1 fully saturated rings. The van der Waals surface area contributed by atoms with E-state index in [2.05, 4.69) is 41.5 Å². The topological polar surface area (TPSA) is 26.0 Å². The Kier molecular flexibility index (Phi) is 4.45. The Labute approximate surface area is 102 Å². The van der Waals surface area contributed by atoms with Gasteiger partial charge in [-0.05, 0) is 49.4 Å². The van der Waals surface area contributed by atoms with Gasteiger partial charge in [-0.2, -0.15) is 0 Å². The molecule has 0 aliphatic heterocycles. The number of rotatable bonds is 5. The molecule has 0 spiro atoms. The Hall–Kier alpha value is -0.0400. The third-order valence-corrected chi connectivity index (χ3v) is 5.20. The van der Waals surface area contributed by atoms with E-state index in [0.29, 0.717) is 0 Å². The molecule has 0 radical (unpaired) electrons. The van der Waals surface area contributed by atoms with Crippen LogP contribution in [0.5, 0.6) is 0 Å². The summed E-state index contributed by atoms with van der Waals surface area (Å²) < 4.78 is 0. The van der Waals surface area contributed by atoms with Crippen molar-refractivity contribution >= 4 is 0 Å². The Balaban J connectivity index is 2.54. The van der Waals surface area contributed by atoms with Crippen LogP contribution in [-0.4, -0.2) is 5.54 Å². The first-order chi connectivity index (χ1) is 7.31. The van der Waals surface area contributed by atoms with Crippen molar-refractivity contribution in [1.82, 2.24) is 0 Å². The third kappa shape index (κ3) is 2.61. The third-order valence-electron chi connectivity index (χ3n) is 5.20. The van der Waals surface area contributed by atoms with Gasteiger partial charge in [0.25, 0.3) is 0 Å². The van der Waals surface area contributed by atoms with Gasteiger partial charge in [0.2, 0.25) is 0 Å². The fraction of sp³-hybridized carbons (Fsp3) is 1.00. The molecule has 1 saturated carbocycles. The summed E-state index contributed by atoms with van der Waals surface area (Å²) in [5.74, 6) is 4.13. The lowest BCUT2D eigenvalue weighted by Crippen LogP contribution is -2.56. The SMILES string of the molecule is CCCC(C)(N)C1CC(C(C)C(C)C)C1C. The van der Waals surface area contributed by atoms with Crippen LogP contribution in [0, 0.1) is 29.6 Å². The highest BCUT2D eigenvalue weighted by Crippen LogP contribution is 2.51. The molecule has 1 nitrogen and oxygen atoms in total. The van der Waals surface area contributed by atoms with Crippen molar-refractivity contribution in [2.45, 2.75) is 66.3 Å². The smallest absolute Gasteiger partial charge is 0.0156 e. The van der Waals surface area contributed by atoms with Crippen molar-refractivity contribution < 1.29 is 0 Å². The van der Waals surface area contributed by atoms with Crippen LogP contribution < -0.4 is 5.73 Å². The van der Waals surface area contributed by atoms with Gasteiger partial charge in [0.15, 0.2) is 0 Å². The molecule has 0 bridgehead atoms. The van der Waals surface area contributed by atoms with Gasteiger partial charge in [-0.3, -0.25) is 0 Å². The van der Waals surface area contributed by atoms with Crippen LogP contribution in [0.4, 0.5) is 0 Å². The summed E-state index contributed by atoms with van der Waals surface area (Å²) in [5, 5.41) is 0. The van der Waals surface area contributed by atoms with E-state index in [1.54, 1.807) is 0 Å². The molecule has 0 aromatic rings. The molecule has 16 heavy (non-hydrogen) atoms. The van der Waals surface area contributed by atoms with Gasteiger partial charge in [0, 0.05) is 5.54 Å². The molecule has 2 N–H and O–H groups in total. The number of hydrogen-bond donors (Lipinski definition) is 1. The van der Waals surface area contributed by atoms with Crippen LogP contribution in [-0.2, 0) is 0 Å². The van der Waals surface area contributed by atoms with Crippen LogP contribution in [0.1, 0.15) is 60.8 Å². The highest BCUT2D eigenvalue weighted by atomic mass is 14.8. The highest BCUT2D eigenvalue weighted by Gasteiger charge is 2.47. The maximum absolute atomic E-state index is 6.46. The fourth-order valence-electron chi connectivity index (χ4n) is 3.61. The average molecular weight is 225 g/mol. The molecular weight excluding hydrogens is 194 g/mol. The zero-order chi connectivity index (χ0) is 12.5. The maximum atomic E-state index is 6.46. The summed E-state index contributed by atoms with van der Waals surface area (Å²) >= 11 is 0. The summed E-state index contributed by atoms with van der Waals surface area (Å²) in [4.78, 5) is 0. The van der Waals surface area contributed by atoms with Crippen LogP contribution >= 0.6 is 0 Å². The summed E-state index contributed by atoms with van der Waals surface area (Å²) in [6, 6.07) is 0. The van der Waals surface area contributed by atoms with Crippen molar-refractivity contribution in [3.63, 3.8) is 0 Å². The van der Waals surface area contributed by atoms with Crippen LogP contribution in [0.2, 0.25) is 0 Å². The Morgan fingerprint density at radius 1 is 1.31 bits per heavy atom. The molecule has 5 unspecified atom stereocenters. The fourth-order valence-corrected chi connectivity index (χ4v) is 3.61. The Morgan fingerprint density at radius 3 is 2.25 bits per heavy atom. The Bertz CT molecular complexity index is 219. The lowest BCUT2D eigenvalue weighted by Gasteiger charge is -2.54. The van der Waals surface area contributed by atoms with E-state index >= 15 is 0 Å². The molecule has 0 aromatic heterocycles. The van der Waals surface area contributed by atoms with E-state index in [-0.39, 0.29) is 5.54 Å². The lowest BCUT2D eigenvalue weighted by molar-refractivity contribution is -0.0207. The van der Waals surface area contributed by atoms with Gasteiger partial charge in [-0.15, -0.1) is 0 Å². The molecule has 1 rings (SSSR count). The number of nitrogens with two attached hydrogens (primary N) is 1. The van der Waals surface area contributed by atoms with E-state index < -0.39 is 0 Å². The van der Waals surface area contributed by atoms with E-state index in [9.17, 15) is 0 Å². The first kappa shape index (κ1) is 14.0. The minimum absolute atomic E-state index is 0.0708. The minimum atomic E-state index is 0.0708. The van der Waals surface area contributed by atoms with Gasteiger partial charge in [0.05, 0.1) is 0 Å². The van der Waals surface area contributed by atoms with E-state index in [1.165, 1.54) is 19.3 Å². The Morgan fingerprint density at radius 2 is 1.88 bits per heavy atom. The van der Waals surface area contributed by atoms with E-state index in [4.69, 9.17) is 5.73 Å². The molecular formula is C15H31N. The zero-order valence-corrected chi connectivity index (χ0v) is 12.1. The molecule has 96 valence electrons. The predicted molar refractivity (Wildman–Crippen MR) is 72.3 cm³/mol. The summed E-state index contributed by atoms with van der Waals surface area (Å²) in [5.41, 5.74) is 6.53. The van der Waals surface area contributed by atoms with Gasteiger partial charge in [-0.25, -0.2) is 0 Å². The molecule has 1 aliphatic carbocycles. The van der Waals surface area contributed by atoms with E-state index in [0.717, 1.165) is 29.6 Å². The molecule has 0 aromatic carbocycles. The summed E-state index contributed by atoms with van der Waals surface area (Å²) in [6.45, 7) is 14.0. The van der Waals surface area contributed by atoms with Gasteiger partial charge in [-0.1, -0.05) is 41.0 Å². The summed E-state index contributed by atoms with van der Waals surface area (Å²) in [6.07, 6.45) is 3.74. The molecule has 1 heteroatoms. The first-order valence-corrected chi connectivity index (χ1v) is 7.10. The average Bonchev–Trinajstić information content (AvgIpc) is 2.14. The number of hydrogen-bond acceptors (Lipinski definition) is 1. The molecule has 0 amide bonds. The van der Waals surface area contributed by atoms with Gasteiger partial charge in [0.1, 0.15) is 0 Å². The quantitative estimate of drug-likeness (QED) is 0.750. The van der Waals surface area contributed by atoms with E-state index in [1.807, 2.05) is 0 Å². The largest absolute Gasteiger partial charge is 0.325 e. The van der Waals surface area contributed by atoms with Crippen molar-refractivity contribution in [3.8, 4) is 0 Å². The van der Waals surface area contributed by atoms with Gasteiger partial charge < -0.3 is 5.73 Å². The van der Waals surface area contributed by atoms with Crippen LogP contribution in [0.3, 0.4) is 0 Å². The van der Waals surface area contributed by atoms with Crippen molar-refractivity contribution in [2.75, 3.05) is 0 Å². The molecule has 5 atom stereocenters. The second-order valence-corrected chi connectivity index (χ2v) is 6.72. The first-order valence-electron chi connectivity index (χ1n) is 7.10. The standard InChI is InChI=1S/C15H31N/c1-7-8-15(6,16)14-9-13(12(14)5)11(4)10(2)3/h10-14H,7-9,16H2,1-6H3. The molecule has 1 aliphatic rings. The molecule has 0 saturated heterocycles. The predicted octanol–water partition coefficient (Wildman–Crippen LogP) is 4.07. The second-order valence-electron chi connectivity index (χ2n) is 6.72. The highest BCUT2D eigenvalue weighted by molar-refractivity contribution is 5.00. The lowest BCUT2D eigenvalue weighted by atomic mass is 9.53. The minimum Gasteiger partial charge on any atom is -0.325 e. The monoisotopic (exact) mass is 225 g/mol. The van der Waals surface area contributed by atoms with Crippen LogP contribution in [0.25, 0.3) is 0 Å².